The predicted molar refractivity (Wildman–Crippen MR) is 76.6 cm³/mol. The minimum atomic E-state index is 0.0356. The second kappa shape index (κ2) is 7.11. The zero-order valence-electron chi connectivity index (χ0n) is 11.3. The summed E-state index contributed by atoms with van der Waals surface area (Å²) in [5.74, 6) is 0.0356. The third kappa shape index (κ3) is 4.22. The maximum atomic E-state index is 11.6. The fraction of sp³-hybridized carbons (Fsp3) is 0.500. The molecular weight excluding hydrogens is 242 g/mol. The lowest BCUT2D eigenvalue weighted by Crippen LogP contribution is -2.36. The molecule has 1 aliphatic rings. The molecule has 1 heterocycles. The van der Waals surface area contributed by atoms with Crippen molar-refractivity contribution >= 4 is 17.3 Å². The lowest BCUT2D eigenvalue weighted by Gasteiger charge is -2.28. The fourth-order valence-corrected chi connectivity index (χ4v) is 2.04. The maximum absolute atomic E-state index is 11.6. The Labute approximate surface area is 113 Å². The van der Waals surface area contributed by atoms with Crippen LogP contribution in [0.2, 0.25) is 0 Å². The summed E-state index contributed by atoms with van der Waals surface area (Å²) in [6.45, 7) is 4.10. The third-order valence-corrected chi connectivity index (χ3v) is 3.13. The van der Waals surface area contributed by atoms with E-state index in [1.54, 1.807) is 0 Å². The van der Waals surface area contributed by atoms with Gasteiger partial charge in [-0.15, -0.1) is 0 Å². The van der Waals surface area contributed by atoms with Crippen molar-refractivity contribution in [3.63, 3.8) is 0 Å². The van der Waals surface area contributed by atoms with Crippen molar-refractivity contribution < 1.29 is 9.53 Å². The summed E-state index contributed by atoms with van der Waals surface area (Å²) < 4.78 is 5.33. The van der Waals surface area contributed by atoms with E-state index >= 15 is 0 Å². The molecule has 0 saturated carbocycles. The highest BCUT2D eigenvalue weighted by Gasteiger charge is 2.10. The zero-order chi connectivity index (χ0) is 13.5. The van der Waals surface area contributed by atoms with Crippen LogP contribution in [-0.2, 0) is 9.53 Å². The van der Waals surface area contributed by atoms with E-state index in [1.807, 2.05) is 31.3 Å². The Morgan fingerprint density at radius 1 is 1.26 bits per heavy atom. The van der Waals surface area contributed by atoms with E-state index in [9.17, 15) is 4.79 Å². The minimum absolute atomic E-state index is 0.0356. The molecule has 1 aliphatic heterocycles. The van der Waals surface area contributed by atoms with E-state index in [1.165, 1.54) is 5.69 Å². The fourth-order valence-electron chi connectivity index (χ4n) is 2.04. The van der Waals surface area contributed by atoms with Gasteiger partial charge in [-0.3, -0.25) is 4.79 Å². The van der Waals surface area contributed by atoms with Crippen molar-refractivity contribution in [2.75, 3.05) is 50.1 Å². The summed E-state index contributed by atoms with van der Waals surface area (Å²) in [7, 11) is 1.84. The Kier molecular flexibility index (Phi) is 5.18. The van der Waals surface area contributed by atoms with E-state index in [2.05, 4.69) is 15.5 Å². The summed E-state index contributed by atoms with van der Waals surface area (Å²) in [5.41, 5.74) is 2.02. The third-order valence-electron chi connectivity index (χ3n) is 3.13. The van der Waals surface area contributed by atoms with Gasteiger partial charge in [0.05, 0.1) is 13.2 Å². The lowest BCUT2D eigenvalue weighted by molar-refractivity contribution is -0.116. The molecule has 0 radical (unpaired) electrons. The van der Waals surface area contributed by atoms with Gasteiger partial charge in [0.1, 0.15) is 0 Å². The molecule has 0 unspecified atom stereocenters. The Morgan fingerprint density at radius 3 is 2.58 bits per heavy atom. The van der Waals surface area contributed by atoms with Crippen LogP contribution in [0.3, 0.4) is 0 Å². The Bertz CT molecular complexity index is 400. The van der Waals surface area contributed by atoms with Gasteiger partial charge in [-0.05, 0) is 31.3 Å². The highest BCUT2D eigenvalue weighted by molar-refractivity contribution is 5.91. The average molecular weight is 263 g/mol. The molecule has 0 spiro atoms. The van der Waals surface area contributed by atoms with Gasteiger partial charge in [-0.1, -0.05) is 0 Å². The Hall–Kier alpha value is -1.59. The number of nitrogens with one attached hydrogen (secondary N) is 2. The van der Waals surface area contributed by atoms with Gasteiger partial charge in [0.2, 0.25) is 5.91 Å². The van der Waals surface area contributed by atoms with Gasteiger partial charge in [-0.25, -0.2) is 0 Å². The largest absolute Gasteiger partial charge is 0.378 e. The summed E-state index contributed by atoms with van der Waals surface area (Å²) in [6, 6.07) is 7.97. The predicted octanol–water partition coefficient (Wildman–Crippen LogP) is 1.07. The number of rotatable bonds is 5. The number of carbonyl (C=O) groups excluding carboxylic acids is 1. The minimum Gasteiger partial charge on any atom is -0.378 e. The molecule has 1 fully saturated rings. The SMILES string of the molecule is CNCCC(=O)Nc1ccc(N2CCOCC2)cc1. The quantitative estimate of drug-likeness (QED) is 0.834. The monoisotopic (exact) mass is 263 g/mol. The van der Waals surface area contributed by atoms with Crippen LogP contribution >= 0.6 is 0 Å². The number of carbonyl (C=O) groups is 1. The van der Waals surface area contributed by atoms with Crippen LogP contribution in [0.15, 0.2) is 24.3 Å². The van der Waals surface area contributed by atoms with E-state index in [0.717, 1.165) is 32.0 Å². The van der Waals surface area contributed by atoms with E-state index in [0.29, 0.717) is 13.0 Å². The summed E-state index contributed by atoms with van der Waals surface area (Å²) in [6.07, 6.45) is 0.488. The zero-order valence-corrected chi connectivity index (χ0v) is 11.3. The van der Waals surface area contributed by atoms with Crippen molar-refractivity contribution in [1.29, 1.82) is 0 Å². The molecule has 1 aromatic rings. The van der Waals surface area contributed by atoms with Gasteiger partial charge < -0.3 is 20.3 Å². The molecule has 2 rings (SSSR count). The molecule has 0 aromatic heterocycles. The van der Waals surface area contributed by atoms with Crippen LogP contribution in [0, 0.1) is 0 Å². The number of anilines is 2. The molecule has 0 bridgehead atoms. The molecular formula is C14H21N3O2. The molecule has 19 heavy (non-hydrogen) atoms. The smallest absolute Gasteiger partial charge is 0.225 e. The molecule has 5 heteroatoms. The van der Waals surface area contributed by atoms with Crippen LogP contribution in [0.1, 0.15) is 6.42 Å². The number of amides is 1. The molecule has 1 aromatic carbocycles. The van der Waals surface area contributed by atoms with Gasteiger partial charge in [0.25, 0.3) is 0 Å². The van der Waals surface area contributed by atoms with Crippen LogP contribution in [0.25, 0.3) is 0 Å². The normalized spacial score (nSPS) is 15.3. The van der Waals surface area contributed by atoms with Crippen molar-refractivity contribution in [3.05, 3.63) is 24.3 Å². The van der Waals surface area contributed by atoms with E-state index in [4.69, 9.17) is 4.74 Å². The first-order valence-corrected chi connectivity index (χ1v) is 6.67. The molecule has 0 aliphatic carbocycles. The first kappa shape index (κ1) is 13.8. The average Bonchev–Trinajstić information content (AvgIpc) is 2.47. The Morgan fingerprint density at radius 2 is 1.95 bits per heavy atom. The maximum Gasteiger partial charge on any atom is 0.225 e. The van der Waals surface area contributed by atoms with Crippen LogP contribution in [0.5, 0.6) is 0 Å². The van der Waals surface area contributed by atoms with Crippen LogP contribution < -0.4 is 15.5 Å². The molecule has 2 N–H and O–H groups in total. The van der Waals surface area contributed by atoms with E-state index < -0.39 is 0 Å². The number of benzene rings is 1. The van der Waals surface area contributed by atoms with Gasteiger partial charge in [0, 0.05) is 37.4 Å². The first-order valence-electron chi connectivity index (χ1n) is 6.67. The van der Waals surface area contributed by atoms with Crippen LogP contribution in [0.4, 0.5) is 11.4 Å². The van der Waals surface area contributed by atoms with Gasteiger partial charge in [-0.2, -0.15) is 0 Å². The Balaban J connectivity index is 1.88. The van der Waals surface area contributed by atoms with Gasteiger partial charge >= 0.3 is 0 Å². The molecule has 1 amide bonds. The molecule has 1 saturated heterocycles. The van der Waals surface area contributed by atoms with Crippen molar-refractivity contribution in [2.45, 2.75) is 6.42 Å². The lowest BCUT2D eigenvalue weighted by atomic mass is 10.2. The van der Waals surface area contributed by atoms with Crippen LogP contribution in [-0.4, -0.2) is 45.8 Å². The number of ether oxygens (including phenoxy) is 1. The summed E-state index contributed by atoms with van der Waals surface area (Å²) in [5, 5.41) is 5.84. The number of hydrogen-bond acceptors (Lipinski definition) is 4. The second-order valence-electron chi connectivity index (χ2n) is 4.55. The van der Waals surface area contributed by atoms with Crippen molar-refractivity contribution in [2.24, 2.45) is 0 Å². The number of nitrogens with zero attached hydrogens (tertiary/aromatic N) is 1. The standard InChI is InChI=1S/C14H21N3O2/c1-15-7-6-14(18)16-12-2-4-13(5-3-12)17-8-10-19-11-9-17/h2-5,15H,6-11H2,1H3,(H,16,18). The number of hydrogen-bond donors (Lipinski definition) is 2. The van der Waals surface area contributed by atoms with Crippen molar-refractivity contribution in [1.82, 2.24) is 5.32 Å². The highest BCUT2D eigenvalue weighted by atomic mass is 16.5. The summed E-state index contributed by atoms with van der Waals surface area (Å²) >= 11 is 0. The molecule has 5 nitrogen and oxygen atoms in total. The topological polar surface area (TPSA) is 53.6 Å². The van der Waals surface area contributed by atoms with Crippen molar-refractivity contribution in [3.8, 4) is 0 Å². The number of morpholine rings is 1. The van der Waals surface area contributed by atoms with Gasteiger partial charge in [0.15, 0.2) is 0 Å². The molecule has 0 atom stereocenters. The first-order chi connectivity index (χ1) is 9.29. The van der Waals surface area contributed by atoms with E-state index in [-0.39, 0.29) is 5.91 Å². The highest BCUT2D eigenvalue weighted by Crippen LogP contribution is 2.19. The second-order valence-corrected chi connectivity index (χ2v) is 4.55. The molecule has 104 valence electrons. The summed E-state index contributed by atoms with van der Waals surface area (Å²) in [4.78, 5) is 13.9.